The van der Waals surface area contributed by atoms with E-state index in [4.69, 9.17) is 23.2 Å². The highest BCUT2D eigenvalue weighted by molar-refractivity contribution is 7.99. The molecule has 0 bridgehead atoms. The van der Waals surface area contributed by atoms with Gasteiger partial charge in [0.15, 0.2) is 0 Å². The van der Waals surface area contributed by atoms with Gasteiger partial charge in [-0.1, -0.05) is 65.7 Å². The predicted molar refractivity (Wildman–Crippen MR) is 137 cm³/mol. The zero-order chi connectivity index (χ0) is 23.6. The van der Waals surface area contributed by atoms with Crippen LogP contribution < -0.4 is 5.32 Å². The lowest BCUT2D eigenvalue weighted by Crippen LogP contribution is -2.49. The summed E-state index contributed by atoms with van der Waals surface area (Å²) in [4.78, 5) is 29.0. The number of rotatable bonds is 10. The van der Waals surface area contributed by atoms with Crippen LogP contribution in [-0.4, -0.2) is 35.6 Å². The Hall–Kier alpha value is -2.47. The lowest BCUT2D eigenvalue weighted by Gasteiger charge is -2.31. The largest absolute Gasteiger partial charge is 0.357 e. The van der Waals surface area contributed by atoms with E-state index in [2.05, 4.69) is 5.32 Å². The highest BCUT2D eigenvalue weighted by Gasteiger charge is 2.29. The normalized spacial score (nSPS) is 11.6. The number of likely N-dealkylation sites (N-methyl/N-ethyl adjacent to an activating group) is 1. The minimum absolute atomic E-state index is 0.0732. The fourth-order valence-corrected chi connectivity index (χ4v) is 4.53. The van der Waals surface area contributed by atoms with E-state index in [0.717, 1.165) is 16.0 Å². The van der Waals surface area contributed by atoms with Gasteiger partial charge in [-0.25, -0.2) is 0 Å². The molecule has 1 atom stereocenters. The molecular formula is C26H26Cl2N2O2S. The van der Waals surface area contributed by atoms with Crippen LogP contribution in [0.15, 0.2) is 83.8 Å². The number of benzene rings is 3. The van der Waals surface area contributed by atoms with E-state index in [0.29, 0.717) is 35.2 Å². The molecule has 0 saturated carbocycles. The molecule has 0 saturated heterocycles. The van der Waals surface area contributed by atoms with Gasteiger partial charge < -0.3 is 10.2 Å². The fraction of sp³-hybridized carbons (Fsp3) is 0.231. The molecule has 3 rings (SSSR count). The number of halogens is 2. The molecule has 0 spiro atoms. The SMILES string of the molecule is CNC(=O)C(Cc1ccccc1)N(Cc1ccc(Cl)cc1)C(=O)CCSc1ccc(Cl)cc1. The van der Waals surface area contributed by atoms with Crippen molar-refractivity contribution >= 4 is 46.8 Å². The summed E-state index contributed by atoms with van der Waals surface area (Å²) in [6, 6.07) is 24.0. The Bertz CT molecular complexity index is 1040. The van der Waals surface area contributed by atoms with Crippen molar-refractivity contribution in [2.75, 3.05) is 12.8 Å². The molecule has 0 aliphatic carbocycles. The minimum Gasteiger partial charge on any atom is -0.357 e. The number of nitrogens with one attached hydrogen (secondary N) is 1. The van der Waals surface area contributed by atoms with Crippen molar-refractivity contribution in [3.05, 3.63) is 100 Å². The van der Waals surface area contributed by atoms with E-state index >= 15 is 0 Å². The van der Waals surface area contributed by atoms with E-state index in [9.17, 15) is 9.59 Å². The number of thioether (sulfide) groups is 1. The third-order valence-corrected chi connectivity index (χ3v) is 6.70. The molecular weight excluding hydrogens is 475 g/mol. The predicted octanol–water partition coefficient (Wildman–Crippen LogP) is 5.86. The number of amides is 2. The van der Waals surface area contributed by atoms with Crippen molar-refractivity contribution in [3.8, 4) is 0 Å². The first-order chi connectivity index (χ1) is 16.0. The molecule has 1 unspecified atom stereocenters. The maximum atomic E-state index is 13.4. The monoisotopic (exact) mass is 500 g/mol. The highest BCUT2D eigenvalue weighted by atomic mass is 35.5. The molecule has 3 aromatic rings. The van der Waals surface area contributed by atoms with Crippen molar-refractivity contribution in [3.63, 3.8) is 0 Å². The van der Waals surface area contributed by atoms with Crippen molar-refractivity contribution in [2.45, 2.75) is 30.3 Å². The van der Waals surface area contributed by atoms with Gasteiger partial charge in [-0.15, -0.1) is 11.8 Å². The Balaban J connectivity index is 1.79. The molecule has 0 radical (unpaired) electrons. The summed E-state index contributed by atoms with van der Waals surface area (Å²) in [7, 11) is 1.60. The molecule has 0 aromatic heterocycles. The molecule has 0 aliphatic rings. The van der Waals surface area contributed by atoms with E-state index < -0.39 is 6.04 Å². The van der Waals surface area contributed by atoms with Crippen LogP contribution in [0.1, 0.15) is 17.5 Å². The average molecular weight is 501 g/mol. The Labute approximate surface area is 209 Å². The second-order valence-electron chi connectivity index (χ2n) is 7.52. The Kier molecular flexibility index (Phi) is 9.67. The number of hydrogen-bond acceptors (Lipinski definition) is 3. The molecule has 7 heteroatoms. The minimum atomic E-state index is -0.624. The van der Waals surface area contributed by atoms with Gasteiger partial charge in [0, 0.05) is 47.1 Å². The van der Waals surface area contributed by atoms with Gasteiger partial charge in [0.2, 0.25) is 11.8 Å². The van der Waals surface area contributed by atoms with E-state index in [1.807, 2.05) is 66.7 Å². The Morgan fingerprint density at radius 1 is 0.879 bits per heavy atom. The molecule has 2 amide bonds. The van der Waals surface area contributed by atoms with Crippen LogP contribution >= 0.6 is 35.0 Å². The standard InChI is InChI=1S/C26H26Cl2N2O2S/c1-29-26(32)24(17-19-5-3-2-4-6-19)30(18-20-7-9-21(27)10-8-20)25(31)15-16-33-23-13-11-22(28)12-14-23/h2-14,24H,15-18H2,1H3,(H,29,32). The Morgan fingerprint density at radius 3 is 2.09 bits per heavy atom. The molecule has 0 heterocycles. The van der Waals surface area contributed by atoms with Crippen molar-refractivity contribution in [1.29, 1.82) is 0 Å². The summed E-state index contributed by atoms with van der Waals surface area (Å²) in [6.07, 6.45) is 0.743. The first-order valence-corrected chi connectivity index (χ1v) is 12.4. The van der Waals surface area contributed by atoms with Gasteiger partial charge >= 0.3 is 0 Å². The number of nitrogens with zero attached hydrogens (tertiary/aromatic N) is 1. The first kappa shape index (κ1) is 25.2. The van der Waals surface area contributed by atoms with Gasteiger partial charge in [0.25, 0.3) is 0 Å². The molecule has 1 N–H and O–H groups in total. The second-order valence-corrected chi connectivity index (χ2v) is 9.56. The van der Waals surface area contributed by atoms with Gasteiger partial charge in [-0.3, -0.25) is 9.59 Å². The summed E-state index contributed by atoms with van der Waals surface area (Å²) in [5.74, 6) is 0.339. The van der Waals surface area contributed by atoms with Gasteiger partial charge in [0.05, 0.1) is 0 Å². The molecule has 33 heavy (non-hydrogen) atoms. The van der Waals surface area contributed by atoms with Crippen molar-refractivity contribution in [1.82, 2.24) is 10.2 Å². The quantitative estimate of drug-likeness (QED) is 0.354. The lowest BCUT2D eigenvalue weighted by molar-refractivity contribution is -0.140. The first-order valence-electron chi connectivity index (χ1n) is 10.6. The Morgan fingerprint density at radius 2 is 1.48 bits per heavy atom. The van der Waals surface area contributed by atoms with Gasteiger partial charge in [0.1, 0.15) is 6.04 Å². The van der Waals surface area contributed by atoms with Gasteiger partial charge in [-0.2, -0.15) is 0 Å². The van der Waals surface area contributed by atoms with E-state index in [-0.39, 0.29) is 11.8 Å². The van der Waals surface area contributed by atoms with Crippen molar-refractivity contribution < 1.29 is 9.59 Å². The van der Waals surface area contributed by atoms with Crippen LogP contribution in [-0.2, 0) is 22.6 Å². The third kappa shape index (κ3) is 7.81. The maximum Gasteiger partial charge on any atom is 0.242 e. The number of hydrogen-bond donors (Lipinski definition) is 1. The maximum absolute atomic E-state index is 13.4. The van der Waals surface area contributed by atoms with Crippen LogP contribution in [0.2, 0.25) is 10.0 Å². The summed E-state index contributed by atoms with van der Waals surface area (Å²) < 4.78 is 0. The summed E-state index contributed by atoms with van der Waals surface area (Å²) in [6.45, 7) is 0.326. The van der Waals surface area contributed by atoms with Crippen LogP contribution in [0.4, 0.5) is 0 Å². The molecule has 4 nitrogen and oxygen atoms in total. The summed E-state index contributed by atoms with van der Waals surface area (Å²) in [5, 5.41) is 4.04. The zero-order valence-electron chi connectivity index (χ0n) is 18.3. The zero-order valence-corrected chi connectivity index (χ0v) is 20.7. The van der Waals surface area contributed by atoms with E-state index in [1.54, 1.807) is 35.8 Å². The number of carbonyl (C=O) groups is 2. The molecule has 3 aromatic carbocycles. The van der Waals surface area contributed by atoms with E-state index in [1.165, 1.54) is 0 Å². The fourth-order valence-electron chi connectivity index (χ4n) is 3.44. The highest BCUT2D eigenvalue weighted by Crippen LogP contribution is 2.23. The smallest absolute Gasteiger partial charge is 0.242 e. The number of carbonyl (C=O) groups excluding carboxylic acids is 2. The summed E-state index contributed by atoms with van der Waals surface area (Å²) in [5.41, 5.74) is 1.91. The van der Waals surface area contributed by atoms with Crippen LogP contribution in [0.25, 0.3) is 0 Å². The topological polar surface area (TPSA) is 49.4 Å². The lowest BCUT2D eigenvalue weighted by atomic mass is 10.0. The van der Waals surface area contributed by atoms with Crippen molar-refractivity contribution in [2.24, 2.45) is 0 Å². The molecule has 0 fully saturated rings. The van der Waals surface area contributed by atoms with Crippen LogP contribution in [0.5, 0.6) is 0 Å². The molecule has 0 aliphatic heterocycles. The second kappa shape index (κ2) is 12.7. The summed E-state index contributed by atoms with van der Waals surface area (Å²) >= 11 is 13.6. The molecule has 172 valence electrons. The average Bonchev–Trinajstić information content (AvgIpc) is 2.83. The van der Waals surface area contributed by atoms with Crippen LogP contribution in [0, 0.1) is 0 Å². The third-order valence-electron chi connectivity index (χ3n) is 5.18. The van der Waals surface area contributed by atoms with Crippen LogP contribution in [0.3, 0.4) is 0 Å². The van der Waals surface area contributed by atoms with Gasteiger partial charge in [-0.05, 0) is 47.5 Å².